The molecule has 8 heteroatoms. The van der Waals surface area contributed by atoms with Gasteiger partial charge in [-0.25, -0.2) is 14.7 Å². The van der Waals surface area contributed by atoms with Crippen LogP contribution >= 0.6 is 46.6 Å². The van der Waals surface area contributed by atoms with Gasteiger partial charge >= 0.3 is 6.03 Å². The van der Waals surface area contributed by atoms with Crippen LogP contribution in [0.15, 0.2) is 46.9 Å². The highest BCUT2D eigenvalue weighted by Crippen LogP contribution is 2.48. The van der Waals surface area contributed by atoms with E-state index in [-0.39, 0.29) is 6.03 Å². The second-order valence-electron chi connectivity index (χ2n) is 4.17. The Bertz CT molecular complexity index is 614. The Hall–Kier alpha value is -0.880. The Labute approximate surface area is 134 Å². The highest BCUT2D eigenvalue weighted by atomic mass is 35.6. The molecule has 0 unspecified atom stereocenters. The molecule has 20 heavy (non-hydrogen) atoms. The van der Waals surface area contributed by atoms with E-state index in [1.807, 2.05) is 6.07 Å². The number of aliphatic imine (C=N–C) groups is 1. The number of halogens is 3. The van der Waals surface area contributed by atoms with Crippen molar-refractivity contribution in [2.45, 2.75) is 9.46 Å². The lowest BCUT2D eigenvalue weighted by Gasteiger charge is -2.41. The predicted octanol–water partition coefficient (Wildman–Crippen LogP) is 3.81. The van der Waals surface area contributed by atoms with Crippen molar-refractivity contribution in [3.05, 3.63) is 47.5 Å². The second kappa shape index (κ2) is 4.84. The number of hydrogen-bond donors (Lipinski definition) is 1. The van der Waals surface area contributed by atoms with E-state index in [0.717, 1.165) is 0 Å². The molecule has 0 bridgehead atoms. The number of amidine groups is 1. The van der Waals surface area contributed by atoms with E-state index < -0.39 is 9.46 Å². The van der Waals surface area contributed by atoms with Crippen molar-refractivity contribution in [1.29, 1.82) is 0 Å². The summed E-state index contributed by atoms with van der Waals surface area (Å²) in [7, 11) is 0. The quantitative estimate of drug-likeness (QED) is 0.784. The number of amides is 2. The zero-order chi connectivity index (χ0) is 14.4. The molecule has 0 spiro atoms. The van der Waals surface area contributed by atoms with Crippen LogP contribution in [-0.2, 0) is 5.66 Å². The maximum atomic E-state index is 12.2. The fourth-order valence-electron chi connectivity index (χ4n) is 2.01. The molecule has 0 fully saturated rings. The van der Waals surface area contributed by atoms with E-state index >= 15 is 0 Å². The zero-order valence-electron chi connectivity index (χ0n) is 9.89. The van der Waals surface area contributed by atoms with E-state index in [0.29, 0.717) is 10.7 Å². The first-order valence-corrected chi connectivity index (χ1v) is 7.62. The molecule has 2 amide bonds. The summed E-state index contributed by atoms with van der Waals surface area (Å²) in [5.41, 5.74) is -0.839. The fourth-order valence-corrected chi connectivity index (χ4v) is 3.35. The maximum Gasteiger partial charge on any atom is 0.329 e. The smallest absolute Gasteiger partial charge is 0.305 e. The van der Waals surface area contributed by atoms with Crippen molar-refractivity contribution in [2.75, 3.05) is 0 Å². The maximum absolute atomic E-state index is 12.2. The molecule has 1 atom stereocenters. The molecule has 1 aromatic carbocycles. The van der Waals surface area contributed by atoms with Gasteiger partial charge < -0.3 is 5.32 Å². The number of carbonyl (C=O) groups is 1. The molecule has 0 radical (unpaired) electrons. The number of fused-ring (bicyclic) bond motifs is 1. The molecular formula is C12H8Cl3N3OS. The molecule has 0 aromatic heterocycles. The van der Waals surface area contributed by atoms with Crippen LogP contribution < -0.4 is 5.32 Å². The Morgan fingerprint density at radius 2 is 1.95 bits per heavy atom. The van der Waals surface area contributed by atoms with Crippen LogP contribution in [0, 0.1) is 0 Å². The van der Waals surface area contributed by atoms with Crippen molar-refractivity contribution < 1.29 is 4.79 Å². The molecular weight excluding hydrogens is 341 g/mol. The van der Waals surface area contributed by atoms with Gasteiger partial charge in [0.2, 0.25) is 9.46 Å². The molecule has 1 aromatic rings. The third kappa shape index (κ3) is 2.09. The average molecular weight is 349 g/mol. The van der Waals surface area contributed by atoms with Crippen LogP contribution in [-0.4, -0.2) is 19.9 Å². The summed E-state index contributed by atoms with van der Waals surface area (Å²) in [5.74, 6) is 0. The molecule has 2 aliphatic heterocycles. The summed E-state index contributed by atoms with van der Waals surface area (Å²) in [4.78, 5) is 18.1. The zero-order valence-corrected chi connectivity index (χ0v) is 13.0. The number of hydrogen-bond acceptors (Lipinski definition) is 3. The normalized spacial score (nSPS) is 25.2. The fraction of sp³-hybridized carbons (Fsp3) is 0.167. The molecule has 2 aliphatic rings. The Kier molecular flexibility index (Phi) is 3.41. The highest BCUT2D eigenvalue weighted by molar-refractivity contribution is 8.16. The summed E-state index contributed by atoms with van der Waals surface area (Å²) in [6.07, 6.45) is 1.62. The summed E-state index contributed by atoms with van der Waals surface area (Å²) < 4.78 is -1.83. The number of benzene rings is 1. The van der Waals surface area contributed by atoms with Gasteiger partial charge in [0.05, 0.1) is 0 Å². The molecule has 0 saturated carbocycles. The van der Waals surface area contributed by atoms with Gasteiger partial charge in [-0.2, -0.15) is 0 Å². The monoisotopic (exact) mass is 347 g/mol. The summed E-state index contributed by atoms with van der Waals surface area (Å²) in [5, 5.41) is 4.92. The lowest BCUT2D eigenvalue weighted by atomic mass is 10.0. The van der Waals surface area contributed by atoms with E-state index in [9.17, 15) is 4.79 Å². The largest absolute Gasteiger partial charge is 0.329 e. The minimum Gasteiger partial charge on any atom is -0.305 e. The standard InChI is InChI=1S/C12H8Cl3N3OS/c13-12(14,15)11(8-4-2-1-3-5-8)16-9(19)18-6-7-20-10(18)17-11/h1-7H,(H,16,19)/t11-/m0/s1. The van der Waals surface area contributed by atoms with E-state index in [4.69, 9.17) is 34.8 Å². The van der Waals surface area contributed by atoms with Gasteiger partial charge in [-0.15, -0.1) is 0 Å². The molecule has 4 nitrogen and oxygen atoms in total. The number of nitrogens with zero attached hydrogens (tertiary/aromatic N) is 2. The lowest BCUT2D eigenvalue weighted by Crippen LogP contribution is -2.60. The number of carbonyl (C=O) groups excluding carboxylic acids is 1. The number of alkyl halides is 3. The Morgan fingerprint density at radius 3 is 2.60 bits per heavy atom. The first-order valence-electron chi connectivity index (χ1n) is 5.61. The van der Waals surface area contributed by atoms with Gasteiger partial charge in [0, 0.05) is 11.8 Å². The second-order valence-corrected chi connectivity index (χ2v) is 7.33. The number of nitrogens with one attached hydrogen (secondary N) is 1. The van der Waals surface area contributed by atoms with E-state index in [1.54, 1.807) is 35.9 Å². The molecule has 104 valence electrons. The first-order chi connectivity index (χ1) is 9.44. The molecule has 0 saturated heterocycles. The van der Waals surface area contributed by atoms with Crippen molar-refractivity contribution in [3.8, 4) is 0 Å². The lowest BCUT2D eigenvalue weighted by molar-refractivity contribution is 0.208. The predicted molar refractivity (Wildman–Crippen MR) is 82.9 cm³/mol. The van der Waals surface area contributed by atoms with Crippen molar-refractivity contribution >= 4 is 57.8 Å². The van der Waals surface area contributed by atoms with Crippen LogP contribution in [0.5, 0.6) is 0 Å². The summed E-state index contributed by atoms with van der Waals surface area (Å²) >= 11 is 19.7. The van der Waals surface area contributed by atoms with Gasteiger partial charge in [0.15, 0.2) is 5.17 Å². The van der Waals surface area contributed by atoms with Crippen LogP contribution in [0.2, 0.25) is 0 Å². The third-order valence-corrected chi connectivity index (χ3v) is 4.54. The Balaban J connectivity index is 2.19. The number of thioether (sulfide) groups is 1. The molecule has 3 rings (SSSR count). The van der Waals surface area contributed by atoms with Gasteiger partial charge in [-0.1, -0.05) is 76.9 Å². The first kappa shape index (κ1) is 14.1. The summed E-state index contributed by atoms with van der Waals surface area (Å²) in [6, 6.07) is 8.57. The third-order valence-electron chi connectivity index (χ3n) is 2.96. The topological polar surface area (TPSA) is 44.7 Å². The van der Waals surface area contributed by atoms with Crippen LogP contribution in [0.25, 0.3) is 0 Å². The van der Waals surface area contributed by atoms with E-state index in [2.05, 4.69) is 10.3 Å². The van der Waals surface area contributed by atoms with Gasteiger partial charge in [-0.3, -0.25) is 0 Å². The summed E-state index contributed by atoms with van der Waals surface area (Å²) in [6.45, 7) is 0. The molecule has 2 heterocycles. The number of rotatable bonds is 1. The molecule has 1 N–H and O–H groups in total. The minimum absolute atomic E-state index is 0.383. The molecule has 0 aliphatic carbocycles. The number of urea groups is 1. The van der Waals surface area contributed by atoms with Crippen molar-refractivity contribution in [3.63, 3.8) is 0 Å². The van der Waals surface area contributed by atoms with Gasteiger partial charge in [-0.05, 0) is 5.41 Å². The average Bonchev–Trinajstić information content (AvgIpc) is 2.87. The van der Waals surface area contributed by atoms with Gasteiger partial charge in [0.25, 0.3) is 0 Å². The van der Waals surface area contributed by atoms with Crippen LogP contribution in [0.3, 0.4) is 0 Å². The minimum atomic E-state index is -1.83. The van der Waals surface area contributed by atoms with Gasteiger partial charge in [0.1, 0.15) is 0 Å². The van der Waals surface area contributed by atoms with Crippen LogP contribution in [0.1, 0.15) is 5.56 Å². The van der Waals surface area contributed by atoms with Crippen LogP contribution in [0.4, 0.5) is 4.79 Å². The van der Waals surface area contributed by atoms with Crippen molar-refractivity contribution in [1.82, 2.24) is 10.2 Å². The Morgan fingerprint density at radius 1 is 1.25 bits per heavy atom. The van der Waals surface area contributed by atoms with Crippen molar-refractivity contribution in [2.24, 2.45) is 4.99 Å². The highest BCUT2D eigenvalue weighted by Gasteiger charge is 2.55. The SMILES string of the molecule is O=C1N[C@](c2ccccc2)(C(Cl)(Cl)Cl)N=C2SC=CN12. The van der Waals surface area contributed by atoms with E-state index in [1.165, 1.54) is 16.7 Å².